The van der Waals surface area contributed by atoms with Crippen molar-refractivity contribution in [1.82, 2.24) is 24.9 Å². The second-order valence-corrected chi connectivity index (χ2v) is 6.49. The SMILES string of the molecule is CC1CCN(CCCNC(=O)N(C)Cc2cnn(C)c2)CC1. The van der Waals surface area contributed by atoms with Gasteiger partial charge in [-0.05, 0) is 44.8 Å². The van der Waals surface area contributed by atoms with Crippen LogP contribution in [0.5, 0.6) is 0 Å². The lowest BCUT2D eigenvalue weighted by Crippen LogP contribution is -2.39. The van der Waals surface area contributed by atoms with Crippen molar-refractivity contribution in [3.05, 3.63) is 18.0 Å². The van der Waals surface area contributed by atoms with Crippen molar-refractivity contribution in [3.8, 4) is 0 Å². The minimum Gasteiger partial charge on any atom is -0.338 e. The lowest BCUT2D eigenvalue weighted by molar-refractivity contribution is 0.187. The van der Waals surface area contributed by atoms with Gasteiger partial charge in [-0.15, -0.1) is 0 Å². The molecule has 0 saturated carbocycles. The van der Waals surface area contributed by atoms with Gasteiger partial charge in [0.05, 0.1) is 12.7 Å². The first kappa shape index (κ1) is 16.8. The van der Waals surface area contributed by atoms with Gasteiger partial charge in [0.15, 0.2) is 0 Å². The van der Waals surface area contributed by atoms with E-state index >= 15 is 0 Å². The molecule has 1 saturated heterocycles. The van der Waals surface area contributed by atoms with Crippen LogP contribution in [0, 0.1) is 5.92 Å². The molecule has 124 valence electrons. The van der Waals surface area contributed by atoms with E-state index in [-0.39, 0.29) is 6.03 Å². The molecule has 2 amide bonds. The molecule has 1 fully saturated rings. The molecule has 0 spiro atoms. The third-order valence-electron chi connectivity index (χ3n) is 4.33. The van der Waals surface area contributed by atoms with Crippen molar-refractivity contribution in [1.29, 1.82) is 0 Å². The first-order valence-electron chi connectivity index (χ1n) is 8.23. The summed E-state index contributed by atoms with van der Waals surface area (Å²) in [6.07, 6.45) is 7.35. The fourth-order valence-corrected chi connectivity index (χ4v) is 2.82. The standard InChI is InChI=1S/C16H29N5O/c1-14-5-9-21(10-6-14)8-4-7-17-16(22)19(2)12-15-11-18-20(3)13-15/h11,13-14H,4-10,12H2,1-3H3,(H,17,22). The minimum absolute atomic E-state index is 0.0175. The molecule has 0 radical (unpaired) electrons. The summed E-state index contributed by atoms with van der Waals surface area (Å²) in [7, 11) is 3.69. The van der Waals surface area contributed by atoms with E-state index in [2.05, 4.69) is 22.2 Å². The average molecular weight is 307 g/mol. The number of nitrogens with one attached hydrogen (secondary N) is 1. The Hall–Kier alpha value is -1.56. The van der Waals surface area contributed by atoms with Crippen LogP contribution in [0.15, 0.2) is 12.4 Å². The molecule has 0 bridgehead atoms. The summed E-state index contributed by atoms with van der Waals surface area (Å²) in [5, 5.41) is 7.11. The van der Waals surface area contributed by atoms with Crippen molar-refractivity contribution < 1.29 is 4.79 Å². The Balaban J connectivity index is 1.59. The van der Waals surface area contributed by atoms with E-state index in [0.717, 1.165) is 31.0 Å². The molecule has 0 aromatic carbocycles. The van der Waals surface area contributed by atoms with Crippen LogP contribution >= 0.6 is 0 Å². The van der Waals surface area contributed by atoms with Crippen LogP contribution in [0.25, 0.3) is 0 Å². The Morgan fingerprint density at radius 2 is 2.18 bits per heavy atom. The monoisotopic (exact) mass is 307 g/mol. The van der Waals surface area contributed by atoms with Gasteiger partial charge in [-0.2, -0.15) is 5.10 Å². The summed E-state index contributed by atoms with van der Waals surface area (Å²) in [6, 6.07) is -0.0175. The largest absolute Gasteiger partial charge is 0.338 e. The predicted molar refractivity (Wildman–Crippen MR) is 87.5 cm³/mol. The lowest BCUT2D eigenvalue weighted by atomic mass is 9.99. The van der Waals surface area contributed by atoms with Crippen LogP contribution in [0.3, 0.4) is 0 Å². The summed E-state index contributed by atoms with van der Waals surface area (Å²) < 4.78 is 1.75. The third kappa shape index (κ3) is 5.33. The molecule has 22 heavy (non-hydrogen) atoms. The Morgan fingerprint density at radius 1 is 1.45 bits per heavy atom. The number of hydrogen-bond donors (Lipinski definition) is 1. The fourth-order valence-electron chi connectivity index (χ4n) is 2.82. The first-order valence-corrected chi connectivity index (χ1v) is 8.23. The van der Waals surface area contributed by atoms with Crippen LogP contribution < -0.4 is 5.32 Å². The molecule has 0 atom stereocenters. The van der Waals surface area contributed by atoms with Crippen molar-refractivity contribution in [2.75, 3.05) is 33.2 Å². The topological polar surface area (TPSA) is 53.4 Å². The molecule has 1 aromatic heterocycles. The Bertz CT molecular complexity index is 465. The van der Waals surface area contributed by atoms with Crippen molar-refractivity contribution in [2.45, 2.75) is 32.7 Å². The lowest BCUT2D eigenvalue weighted by Gasteiger charge is -2.30. The molecule has 6 nitrogen and oxygen atoms in total. The van der Waals surface area contributed by atoms with E-state index in [0.29, 0.717) is 6.54 Å². The molecule has 1 N–H and O–H groups in total. The second-order valence-electron chi connectivity index (χ2n) is 6.49. The number of hydrogen-bond acceptors (Lipinski definition) is 3. The number of amides is 2. The highest BCUT2D eigenvalue weighted by Gasteiger charge is 2.15. The molecule has 0 unspecified atom stereocenters. The van der Waals surface area contributed by atoms with Crippen LogP contribution in [0.2, 0.25) is 0 Å². The number of carbonyl (C=O) groups is 1. The minimum atomic E-state index is -0.0175. The number of rotatable bonds is 6. The maximum absolute atomic E-state index is 12.0. The zero-order valence-corrected chi connectivity index (χ0v) is 14.1. The van der Waals surface area contributed by atoms with E-state index in [1.54, 1.807) is 15.8 Å². The van der Waals surface area contributed by atoms with Crippen LogP contribution in [0.4, 0.5) is 4.79 Å². The zero-order chi connectivity index (χ0) is 15.9. The summed E-state index contributed by atoms with van der Waals surface area (Å²) in [5.74, 6) is 0.872. The van der Waals surface area contributed by atoms with Crippen LogP contribution in [-0.2, 0) is 13.6 Å². The highest BCUT2D eigenvalue weighted by Crippen LogP contribution is 2.15. The van der Waals surface area contributed by atoms with E-state index in [1.807, 2.05) is 20.3 Å². The molecule has 2 rings (SSSR count). The summed E-state index contributed by atoms with van der Waals surface area (Å²) in [5.41, 5.74) is 1.04. The van der Waals surface area contributed by atoms with Crippen molar-refractivity contribution >= 4 is 6.03 Å². The van der Waals surface area contributed by atoms with Gasteiger partial charge >= 0.3 is 6.03 Å². The molecule has 1 aliphatic rings. The predicted octanol–water partition coefficient (Wildman–Crippen LogP) is 1.68. The molecular weight excluding hydrogens is 278 g/mol. The number of aryl methyl sites for hydroxylation is 1. The Morgan fingerprint density at radius 3 is 2.82 bits per heavy atom. The summed E-state index contributed by atoms with van der Waals surface area (Å²) >= 11 is 0. The Labute approximate surface area is 133 Å². The van der Waals surface area contributed by atoms with Gasteiger partial charge < -0.3 is 15.1 Å². The summed E-state index contributed by atoms with van der Waals surface area (Å²) in [4.78, 5) is 16.2. The number of aromatic nitrogens is 2. The number of urea groups is 1. The molecule has 2 heterocycles. The first-order chi connectivity index (χ1) is 10.5. The highest BCUT2D eigenvalue weighted by atomic mass is 16.2. The van der Waals surface area contributed by atoms with E-state index < -0.39 is 0 Å². The van der Waals surface area contributed by atoms with Gasteiger partial charge in [0.2, 0.25) is 0 Å². The fraction of sp³-hybridized carbons (Fsp3) is 0.750. The average Bonchev–Trinajstić information content (AvgIpc) is 2.90. The van der Waals surface area contributed by atoms with E-state index in [4.69, 9.17) is 0 Å². The quantitative estimate of drug-likeness (QED) is 0.814. The normalized spacial score (nSPS) is 16.7. The molecule has 6 heteroatoms. The molecule has 1 aliphatic heterocycles. The van der Waals surface area contributed by atoms with Gasteiger partial charge in [0, 0.05) is 32.4 Å². The molecular formula is C16H29N5O. The van der Waals surface area contributed by atoms with E-state index in [1.165, 1.54) is 25.9 Å². The summed E-state index contributed by atoms with van der Waals surface area (Å²) in [6.45, 7) is 7.15. The second kappa shape index (κ2) is 8.17. The Kier molecular flexibility index (Phi) is 6.24. The molecule has 0 aliphatic carbocycles. The maximum Gasteiger partial charge on any atom is 0.317 e. The van der Waals surface area contributed by atoms with Gasteiger partial charge in [-0.1, -0.05) is 6.92 Å². The van der Waals surface area contributed by atoms with Gasteiger partial charge in [-0.25, -0.2) is 4.79 Å². The maximum atomic E-state index is 12.0. The van der Waals surface area contributed by atoms with E-state index in [9.17, 15) is 4.79 Å². The number of carbonyl (C=O) groups excluding carboxylic acids is 1. The van der Waals surface area contributed by atoms with Crippen LogP contribution in [-0.4, -0.2) is 58.8 Å². The van der Waals surface area contributed by atoms with Gasteiger partial charge in [0.25, 0.3) is 0 Å². The van der Waals surface area contributed by atoms with Crippen molar-refractivity contribution in [3.63, 3.8) is 0 Å². The smallest absolute Gasteiger partial charge is 0.317 e. The number of piperidine rings is 1. The molecule has 1 aromatic rings. The highest BCUT2D eigenvalue weighted by molar-refractivity contribution is 5.73. The van der Waals surface area contributed by atoms with Gasteiger partial charge in [-0.3, -0.25) is 4.68 Å². The zero-order valence-electron chi connectivity index (χ0n) is 14.1. The van der Waals surface area contributed by atoms with Crippen molar-refractivity contribution in [2.24, 2.45) is 13.0 Å². The van der Waals surface area contributed by atoms with Crippen LogP contribution in [0.1, 0.15) is 31.7 Å². The number of nitrogens with zero attached hydrogens (tertiary/aromatic N) is 4. The number of likely N-dealkylation sites (tertiary alicyclic amines) is 1. The third-order valence-corrected chi connectivity index (χ3v) is 4.33. The van der Waals surface area contributed by atoms with Gasteiger partial charge in [0.1, 0.15) is 0 Å².